The molecular weight excluding hydrogens is 290 g/mol. The summed E-state index contributed by atoms with van der Waals surface area (Å²) in [6, 6.07) is 14.7. The molecule has 5 heteroatoms. The number of anilines is 1. The average molecular weight is 307 g/mol. The van der Waals surface area contributed by atoms with Crippen LogP contribution >= 0.6 is 0 Å². The van der Waals surface area contributed by atoms with Crippen molar-refractivity contribution in [1.82, 2.24) is 9.55 Å². The molecule has 0 aliphatic carbocycles. The number of carbonyl (C=O) groups is 1. The van der Waals surface area contributed by atoms with Gasteiger partial charge in [0, 0.05) is 31.0 Å². The highest BCUT2D eigenvalue weighted by atomic mass is 16.4. The molecule has 116 valence electrons. The molecule has 3 N–H and O–H groups in total. The van der Waals surface area contributed by atoms with Crippen molar-refractivity contribution >= 4 is 11.7 Å². The summed E-state index contributed by atoms with van der Waals surface area (Å²) in [4.78, 5) is 15.7. The van der Waals surface area contributed by atoms with Gasteiger partial charge in [0.25, 0.3) is 0 Å². The molecule has 3 rings (SSSR count). The summed E-state index contributed by atoms with van der Waals surface area (Å²) in [5.41, 5.74) is 8.62. The maximum atomic E-state index is 11.3. The second-order valence-corrected chi connectivity index (χ2v) is 5.35. The number of nitrogen functional groups attached to an aromatic ring is 1. The molecule has 3 aromatic rings. The van der Waals surface area contributed by atoms with E-state index < -0.39 is 5.97 Å². The van der Waals surface area contributed by atoms with Crippen LogP contribution in [0.1, 0.15) is 27.3 Å². The van der Waals surface area contributed by atoms with Crippen molar-refractivity contribution in [3.05, 3.63) is 83.4 Å². The van der Waals surface area contributed by atoms with Gasteiger partial charge in [-0.25, -0.2) is 9.78 Å². The summed E-state index contributed by atoms with van der Waals surface area (Å²) in [6.07, 6.45) is 4.27. The van der Waals surface area contributed by atoms with Crippen molar-refractivity contribution in [3.8, 4) is 0 Å². The number of hydrogen-bond donors (Lipinski definition) is 2. The van der Waals surface area contributed by atoms with E-state index in [4.69, 9.17) is 5.73 Å². The van der Waals surface area contributed by atoms with E-state index in [1.54, 1.807) is 18.3 Å². The molecule has 0 atom stereocenters. The highest BCUT2D eigenvalue weighted by molar-refractivity contribution is 5.89. The topological polar surface area (TPSA) is 81.1 Å². The monoisotopic (exact) mass is 307 g/mol. The van der Waals surface area contributed by atoms with Crippen LogP contribution in [-0.4, -0.2) is 20.6 Å². The van der Waals surface area contributed by atoms with Gasteiger partial charge in [-0.1, -0.05) is 30.3 Å². The Balaban J connectivity index is 1.84. The Morgan fingerprint density at radius 3 is 2.61 bits per heavy atom. The van der Waals surface area contributed by atoms with Crippen LogP contribution in [0.25, 0.3) is 0 Å². The molecule has 0 fully saturated rings. The lowest BCUT2D eigenvalue weighted by atomic mass is 10.1. The molecule has 0 radical (unpaired) electrons. The van der Waals surface area contributed by atoms with Gasteiger partial charge in [-0.3, -0.25) is 0 Å². The van der Waals surface area contributed by atoms with E-state index in [9.17, 15) is 9.90 Å². The number of carboxylic acids is 1. The van der Waals surface area contributed by atoms with Gasteiger partial charge in [-0.15, -0.1) is 0 Å². The van der Waals surface area contributed by atoms with E-state index in [0.717, 1.165) is 22.6 Å². The third kappa shape index (κ3) is 3.40. The van der Waals surface area contributed by atoms with Gasteiger partial charge in [-0.05, 0) is 29.3 Å². The molecule has 23 heavy (non-hydrogen) atoms. The highest BCUT2D eigenvalue weighted by Crippen LogP contribution is 2.15. The Morgan fingerprint density at radius 2 is 1.87 bits per heavy atom. The van der Waals surface area contributed by atoms with Crippen LogP contribution in [0.5, 0.6) is 0 Å². The van der Waals surface area contributed by atoms with Crippen LogP contribution in [0.2, 0.25) is 0 Å². The number of imidazole rings is 1. The molecule has 0 unspecified atom stereocenters. The number of nitrogens with two attached hydrogens (primary N) is 1. The normalized spacial score (nSPS) is 10.6. The Labute approximate surface area is 134 Å². The first-order valence-corrected chi connectivity index (χ1v) is 7.29. The predicted octanol–water partition coefficient (Wildman–Crippen LogP) is 2.80. The van der Waals surface area contributed by atoms with Gasteiger partial charge >= 0.3 is 5.97 Å². The van der Waals surface area contributed by atoms with Gasteiger partial charge in [0.2, 0.25) is 0 Å². The smallest absolute Gasteiger partial charge is 0.336 e. The zero-order valence-corrected chi connectivity index (χ0v) is 12.5. The summed E-state index contributed by atoms with van der Waals surface area (Å²) in [7, 11) is 0. The first-order valence-electron chi connectivity index (χ1n) is 7.29. The molecule has 1 aromatic heterocycles. The zero-order valence-electron chi connectivity index (χ0n) is 12.5. The maximum absolute atomic E-state index is 11.3. The summed E-state index contributed by atoms with van der Waals surface area (Å²) in [6.45, 7) is 0.479. The summed E-state index contributed by atoms with van der Waals surface area (Å²) in [5, 5.41) is 9.29. The highest BCUT2D eigenvalue weighted by Gasteiger charge is 2.11. The van der Waals surface area contributed by atoms with Crippen LogP contribution in [0, 0.1) is 0 Å². The Morgan fingerprint density at radius 1 is 1.13 bits per heavy atom. The molecular formula is C18H17N3O2. The first-order chi connectivity index (χ1) is 11.1. The minimum atomic E-state index is -0.916. The molecule has 0 aliphatic heterocycles. The molecule has 0 saturated carbocycles. The fourth-order valence-corrected chi connectivity index (χ4v) is 2.52. The molecule has 0 aliphatic rings. The Bertz CT molecular complexity index is 822. The third-order valence-electron chi connectivity index (χ3n) is 3.73. The zero-order chi connectivity index (χ0) is 16.2. The fraction of sp³-hybridized carbons (Fsp3) is 0.111. The minimum absolute atomic E-state index is 0.319. The standard InChI is InChI=1S/C18H17N3O2/c19-15-7-5-13(6-8-15)11-17-20-9-10-21(17)12-14-3-1-2-4-16(14)18(22)23/h1-10H,11-12,19H2,(H,22,23). The molecule has 2 aromatic carbocycles. The van der Waals surface area contributed by atoms with E-state index in [1.807, 2.05) is 47.2 Å². The van der Waals surface area contributed by atoms with Crippen molar-refractivity contribution in [2.45, 2.75) is 13.0 Å². The largest absolute Gasteiger partial charge is 0.478 e. The second-order valence-electron chi connectivity index (χ2n) is 5.35. The molecule has 0 bridgehead atoms. The maximum Gasteiger partial charge on any atom is 0.336 e. The molecule has 5 nitrogen and oxygen atoms in total. The number of rotatable bonds is 5. The fourth-order valence-electron chi connectivity index (χ4n) is 2.52. The van der Waals surface area contributed by atoms with Gasteiger partial charge in [0.05, 0.1) is 5.56 Å². The summed E-state index contributed by atoms with van der Waals surface area (Å²) < 4.78 is 1.97. The number of hydrogen-bond acceptors (Lipinski definition) is 3. The van der Waals surface area contributed by atoms with E-state index in [-0.39, 0.29) is 0 Å². The lowest BCUT2D eigenvalue weighted by Crippen LogP contribution is -2.09. The summed E-state index contributed by atoms with van der Waals surface area (Å²) in [5.74, 6) is -0.0317. The van der Waals surface area contributed by atoms with Crippen LogP contribution in [0.15, 0.2) is 60.9 Å². The van der Waals surface area contributed by atoms with Gasteiger partial charge < -0.3 is 15.4 Å². The number of benzene rings is 2. The summed E-state index contributed by atoms with van der Waals surface area (Å²) >= 11 is 0. The Hall–Kier alpha value is -3.08. The van der Waals surface area contributed by atoms with Crippen LogP contribution in [0.3, 0.4) is 0 Å². The number of nitrogens with zero attached hydrogens (tertiary/aromatic N) is 2. The quantitative estimate of drug-likeness (QED) is 0.710. The van der Waals surface area contributed by atoms with Crippen molar-refractivity contribution in [2.75, 3.05) is 5.73 Å². The molecule has 0 amide bonds. The van der Waals surface area contributed by atoms with Gasteiger partial charge in [0.15, 0.2) is 0 Å². The number of aromatic nitrogens is 2. The first kappa shape index (κ1) is 14.8. The van der Waals surface area contributed by atoms with Gasteiger partial charge in [-0.2, -0.15) is 0 Å². The predicted molar refractivity (Wildman–Crippen MR) is 88.4 cm³/mol. The average Bonchev–Trinajstić information content (AvgIpc) is 2.97. The minimum Gasteiger partial charge on any atom is -0.478 e. The van der Waals surface area contributed by atoms with Crippen molar-refractivity contribution in [1.29, 1.82) is 0 Å². The van der Waals surface area contributed by atoms with E-state index in [0.29, 0.717) is 18.5 Å². The lowest BCUT2D eigenvalue weighted by molar-refractivity contribution is 0.0695. The second kappa shape index (κ2) is 6.36. The van der Waals surface area contributed by atoms with E-state index in [2.05, 4.69) is 4.98 Å². The molecule has 0 spiro atoms. The van der Waals surface area contributed by atoms with E-state index in [1.165, 1.54) is 0 Å². The Kier molecular flexibility index (Phi) is 4.10. The van der Waals surface area contributed by atoms with Crippen LogP contribution < -0.4 is 5.73 Å². The van der Waals surface area contributed by atoms with Crippen LogP contribution in [0.4, 0.5) is 5.69 Å². The van der Waals surface area contributed by atoms with Crippen molar-refractivity contribution in [3.63, 3.8) is 0 Å². The number of aromatic carboxylic acids is 1. The molecule has 0 saturated heterocycles. The van der Waals surface area contributed by atoms with E-state index >= 15 is 0 Å². The number of carboxylic acid groups (broad SMARTS) is 1. The molecule has 1 heterocycles. The van der Waals surface area contributed by atoms with Crippen molar-refractivity contribution < 1.29 is 9.90 Å². The van der Waals surface area contributed by atoms with Crippen molar-refractivity contribution in [2.24, 2.45) is 0 Å². The third-order valence-corrected chi connectivity index (χ3v) is 3.73. The SMILES string of the molecule is Nc1ccc(Cc2nccn2Cc2ccccc2C(=O)O)cc1. The van der Waals surface area contributed by atoms with Gasteiger partial charge in [0.1, 0.15) is 5.82 Å². The van der Waals surface area contributed by atoms with Crippen LogP contribution in [-0.2, 0) is 13.0 Å². The lowest BCUT2D eigenvalue weighted by Gasteiger charge is -2.10.